The van der Waals surface area contributed by atoms with Crippen LogP contribution in [0.15, 0.2) is 39.4 Å². The molecule has 0 aliphatic carbocycles. The van der Waals surface area contributed by atoms with Crippen LogP contribution in [-0.4, -0.2) is 11.2 Å². The van der Waals surface area contributed by atoms with E-state index in [-0.39, 0.29) is 6.10 Å². The molecule has 3 rings (SSSR count). The lowest BCUT2D eigenvalue weighted by Gasteiger charge is -2.09. The number of halogens is 1. The minimum absolute atomic E-state index is 0.213. The van der Waals surface area contributed by atoms with Gasteiger partial charge < -0.3 is 14.3 Å². The second-order valence-electron chi connectivity index (χ2n) is 4.54. The number of aliphatic hydroxyl groups excluding tert-OH is 1. The number of aliphatic hydroxyl groups is 1. The van der Waals surface area contributed by atoms with Crippen LogP contribution in [0.5, 0.6) is 5.75 Å². The average molecular weight is 309 g/mol. The zero-order valence-electron chi connectivity index (χ0n) is 9.89. The lowest BCUT2D eigenvalue weighted by Crippen LogP contribution is -2.05. The van der Waals surface area contributed by atoms with Crippen LogP contribution in [-0.2, 0) is 6.42 Å². The zero-order valence-corrected chi connectivity index (χ0v) is 11.5. The van der Waals surface area contributed by atoms with Crippen LogP contribution in [0.25, 0.3) is 0 Å². The van der Waals surface area contributed by atoms with Gasteiger partial charge in [0, 0.05) is 6.42 Å². The molecule has 94 valence electrons. The summed E-state index contributed by atoms with van der Waals surface area (Å²) in [6.07, 6.45) is 0.361. The third-order valence-electron chi connectivity index (χ3n) is 3.10. The van der Waals surface area contributed by atoms with Crippen LogP contribution in [0.2, 0.25) is 0 Å². The van der Waals surface area contributed by atoms with Crippen LogP contribution in [0.3, 0.4) is 0 Å². The van der Waals surface area contributed by atoms with E-state index in [1.54, 1.807) is 12.1 Å². The van der Waals surface area contributed by atoms with Gasteiger partial charge in [-0.15, -0.1) is 0 Å². The number of hydrogen-bond donors (Lipinski definition) is 1. The van der Waals surface area contributed by atoms with Gasteiger partial charge in [0.2, 0.25) is 0 Å². The van der Waals surface area contributed by atoms with E-state index < -0.39 is 6.10 Å². The molecule has 1 aliphatic heterocycles. The molecule has 0 spiro atoms. The summed E-state index contributed by atoms with van der Waals surface area (Å²) in [7, 11) is 0. The summed E-state index contributed by atoms with van der Waals surface area (Å²) in [4.78, 5) is 0. The Labute approximate surface area is 114 Å². The highest BCUT2D eigenvalue weighted by molar-refractivity contribution is 9.10. The van der Waals surface area contributed by atoms with Crippen LogP contribution >= 0.6 is 15.9 Å². The fourth-order valence-corrected chi connectivity index (χ4v) is 2.57. The highest BCUT2D eigenvalue weighted by Gasteiger charge is 2.22. The number of fused-ring (bicyclic) bond motifs is 1. The smallest absolute Gasteiger partial charge is 0.169 e. The monoisotopic (exact) mass is 308 g/mol. The van der Waals surface area contributed by atoms with E-state index in [1.807, 2.05) is 25.1 Å². The van der Waals surface area contributed by atoms with Gasteiger partial charge in [0.25, 0.3) is 0 Å². The van der Waals surface area contributed by atoms with Gasteiger partial charge in [-0.05, 0) is 58.2 Å². The number of hydrogen-bond acceptors (Lipinski definition) is 3. The van der Waals surface area contributed by atoms with Crippen molar-refractivity contribution in [3.05, 3.63) is 51.9 Å². The van der Waals surface area contributed by atoms with Gasteiger partial charge in [0.1, 0.15) is 23.7 Å². The number of furan rings is 1. The number of benzene rings is 1. The highest BCUT2D eigenvalue weighted by atomic mass is 79.9. The second kappa shape index (κ2) is 4.44. The summed E-state index contributed by atoms with van der Waals surface area (Å²) < 4.78 is 11.6. The summed E-state index contributed by atoms with van der Waals surface area (Å²) in [6, 6.07) is 9.31. The largest absolute Gasteiger partial charge is 0.490 e. The quantitative estimate of drug-likeness (QED) is 0.924. The number of ether oxygens (including phenoxy) is 1. The SMILES string of the molecule is CC1Cc2cc(C(O)c3ccc(Br)o3)ccc2O1. The third-order valence-corrected chi connectivity index (χ3v) is 3.53. The molecular weight excluding hydrogens is 296 g/mol. The van der Waals surface area contributed by atoms with Gasteiger partial charge in [-0.2, -0.15) is 0 Å². The Morgan fingerprint density at radius 1 is 1.33 bits per heavy atom. The summed E-state index contributed by atoms with van der Waals surface area (Å²) in [5.74, 6) is 1.45. The second-order valence-corrected chi connectivity index (χ2v) is 5.33. The standard InChI is InChI=1S/C14H13BrO3/c1-8-6-10-7-9(2-3-11(10)17-8)14(16)12-4-5-13(15)18-12/h2-5,7-8,14,16H,6H2,1H3. The van der Waals surface area contributed by atoms with Crippen LogP contribution < -0.4 is 4.74 Å². The molecule has 0 saturated heterocycles. The topological polar surface area (TPSA) is 42.6 Å². The Morgan fingerprint density at radius 3 is 2.89 bits per heavy atom. The Balaban J connectivity index is 1.91. The molecule has 1 N–H and O–H groups in total. The van der Waals surface area contributed by atoms with Gasteiger partial charge in [-0.3, -0.25) is 0 Å². The molecular formula is C14H13BrO3. The van der Waals surface area contributed by atoms with E-state index in [0.29, 0.717) is 10.4 Å². The van der Waals surface area contributed by atoms with E-state index in [4.69, 9.17) is 9.15 Å². The maximum Gasteiger partial charge on any atom is 0.169 e. The Bertz CT molecular complexity index is 576. The summed E-state index contributed by atoms with van der Waals surface area (Å²) in [5, 5.41) is 10.2. The van der Waals surface area contributed by atoms with Crippen molar-refractivity contribution in [2.24, 2.45) is 0 Å². The molecule has 0 radical (unpaired) electrons. The van der Waals surface area contributed by atoms with Gasteiger partial charge in [-0.25, -0.2) is 0 Å². The number of rotatable bonds is 2. The van der Waals surface area contributed by atoms with Crippen molar-refractivity contribution in [2.45, 2.75) is 25.6 Å². The molecule has 2 heterocycles. The van der Waals surface area contributed by atoms with Crippen LogP contribution in [0.4, 0.5) is 0 Å². The first-order valence-electron chi connectivity index (χ1n) is 5.86. The van der Waals surface area contributed by atoms with E-state index in [2.05, 4.69) is 15.9 Å². The zero-order chi connectivity index (χ0) is 12.7. The van der Waals surface area contributed by atoms with Crippen molar-refractivity contribution in [3.63, 3.8) is 0 Å². The molecule has 2 aromatic rings. The fraction of sp³-hybridized carbons (Fsp3) is 0.286. The lowest BCUT2D eigenvalue weighted by atomic mass is 10.0. The maximum atomic E-state index is 10.2. The molecule has 1 aliphatic rings. The van der Waals surface area contributed by atoms with Crippen molar-refractivity contribution in [1.82, 2.24) is 0 Å². The summed E-state index contributed by atoms with van der Waals surface area (Å²) >= 11 is 3.23. The molecule has 1 aromatic carbocycles. The van der Waals surface area contributed by atoms with Gasteiger partial charge in [0.05, 0.1) is 0 Å². The molecule has 1 aromatic heterocycles. The normalized spacial score (nSPS) is 19.4. The first-order chi connectivity index (χ1) is 8.63. The van der Waals surface area contributed by atoms with Crippen molar-refractivity contribution < 1.29 is 14.3 Å². The first-order valence-corrected chi connectivity index (χ1v) is 6.65. The Morgan fingerprint density at radius 2 is 2.17 bits per heavy atom. The van der Waals surface area contributed by atoms with Gasteiger partial charge in [-0.1, -0.05) is 6.07 Å². The predicted octanol–water partition coefficient (Wildman–Crippen LogP) is 3.45. The molecule has 4 heteroatoms. The van der Waals surface area contributed by atoms with E-state index >= 15 is 0 Å². The molecule has 3 nitrogen and oxygen atoms in total. The average Bonchev–Trinajstić information content (AvgIpc) is 2.92. The molecule has 0 fully saturated rings. The van der Waals surface area contributed by atoms with Crippen molar-refractivity contribution in [1.29, 1.82) is 0 Å². The maximum absolute atomic E-state index is 10.2. The molecule has 0 saturated carbocycles. The molecule has 18 heavy (non-hydrogen) atoms. The minimum Gasteiger partial charge on any atom is -0.490 e. The van der Waals surface area contributed by atoms with Gasteiger partial charge in [0.15, 0.2) is 4.67 Å². The summed E-state index contributed by atoms with van der Waals surface area (Å²) in [5.41, 5.74) is 1.97. The molecule has 0 amide bonds. The van der Waals surface area contributed by atoms with E-state index in [9.17, 15) is 5.11 Å². The lowest BCUT2D eigenvalue weighted by molar-refractivity contribution is 0.187. The van der Waals surface area contributed by atoms with Crippen molar-refractivity contribution in [2.75, 3.05) is 0 Å². The summed E-state index contributed by atoms with van der Waals surface area (Å²) in [6.45, 7) is 2.04. The Hall–Kier alpha value is -1.26. The molecule has 2 unspecified atom stereocenters. The predicted molar refractivity (Wildman–Crippen MR) is 70.7 cm³/mol. The highest BCUT2D eigenvalue weighted by Crippen LogP contribution is 2.33. The Kier molecular flexibility index (Phi) is 2.92. The van der Waals surface area contributed by atoms with Crippen molar-refractivity contribution >= 4 is 15.9 Å². The van der Waals surface area contributed by atoms with E-state index in [1.165, 1.54) is 0 Å². The minimum atomic E-state index is -0.738. The molecule has 2 atom stereocenters. The third kappa shape index (κ3) is 2.06. The van der Waals surface area contributed by atoms with E-state index in [0.717, 1.165) is 23.3 Å². The molecule has 0 bridgehead atoms. The first kappa shape index (κ1) is 11.8. The fourth-order valence-electron chi connectivity index (χ4n) is 2.25. The van der Waals surface area contributed by atoms with Crippen molar-refractivity contribution in [3.8, 4) is 5.75 Å². The van der Waals surface area contributed by atoms with Crippen LogP contribution in [0, 0.1) is 0 Å². The van der Waals surface area contributed by atoms with Crippen LogP contribution in [0.1, 0.15) is 29.9 Å². The van der Waals surface area contributed by atoms with Gasteiger partial charge >= 0.3 is 0 Å².